The summed E-state index contributed by atoms with van der Waals surface area (Å²) >= 11 is 0. The van der Waals surface area contributed by atoms with Gasteiger partial charge in [0.1, 0.15) is 6.04 Å². The molecule has 1 saturated carbocycles. The number of nitrogens with one attached hydrogen (secondary N) is 4. The standard InChI is InChI=1S/C24H30N4O4/c29-22(28-32)15-9-3-8-14-20(23(30)25-18-12-6-2-7-13-18)26-24(31)27-21-16-19(21)17-10-4-1-5-11-17/h1-2,4-7,10-13,19-21,32H,3,8-9,14-16H2,(H,25,30)(H,28,29)(H2,26,27,31)/t19?,20-,21?/m0/s1. The molecule has 8 heteroatoms. The van der Waals surface area contributed by atoms with Gasteiger partial charge in [-0.15, -0.1) is 0 Å². The molecule has 3 atom stereocenters. The fraction of sp³-hybridized carbons (Fsp3) is 0.375. The molecule has 5 N–H and O–H groups in total. The van der Waals surface area contributed by atoms with E-state index in [0.29, 0.717) is 37.3 Å². The number of anilines is 1. The summed E-state index contributed by atoms with van der Waals surface area (Å²) in [7, 11) is 0. The van der Waals surface area contributed by atoms with Gasteiger partial charge < -0.3 is 16.0 Å². The highest BCUT2D eigenvalue weighted by molar-refractivity contribution is 5.97. The van der Waals surface area contributed by atoms with E-state index < -0.39 is 11.9 Å². The van der Waals surface area contributed by atoms with Crippen LogP contribution in [0.5, 0.6) is 0 Å². The lowest BCUT2D eigenvalue weighted by molar-refractivity contribution is -0.129. The number of amides is 4. The minimum absolute atomic E-state index is 0.0622. The van der Waals surface area contributed by atoms with Crippen LogP contribution in [0, 0.1) is 0 Å². The van der Waals surface area contributed by atoms with Crippen LogP contribution in [0.15, 0.2) is 60.7 Å². The quantitative estimate of drug-likeness (QED) is 0.210. The van der Waals surface area contributed by atoms with Gasteiger partial charge in [0.15, 0.2) is 0 Å². The lowest BCUT2D eigenvalue weighted by atomic mass is 10.1. The zero-order valence-electron chi connectivity index (χ0n) is 17.9. The molecule has 2 unspecified atom stereocenters. The summed E-state index contributed by atoms with van der Waals surface area (Å²) < 4.78 is 0. The van der Waals surface area contributed by atoms with E-state index in [1.165, 1.54) is 5.56 Å². The fourth-order valence-corrected chi connectivity index (χ4v) is 3.68. The number of hydroxylamine groups is 1. The maximum absolute atomic E-state index is 12.8. The van der Waals surface area contributed by atoms with Crippen molar-refractivity contribution >= 4 is 23.5 Å². The molecule has 1 aliphatic rings. The molecule has 0 saturated heterocycles. The minimum atomic E-state index is -0.698. The Morgan fingerprint density at radius 1 is 0.938 bits per heavy atom. The van der Waals surface area contributed by atoms with E-state index in [1.54, 1.807) is 17.6 Å². The van der Waals surface area contributed by atoms with Gasteiger partial charge in [-0.2, -0.15) is 0 Å². The van der Waals surface area contributed by atoms with Crippen LogP contribution < -0.4 is 21.4 Å². The number of carbonyl (C=O) groups excluding carboxylic acids is 3. The summed E-state index contributed by atoms with van der Waals surface area (Å²) in [6, 6.07) is 18.1. The topological polar surface area (TPSA) is 120 Å². The zero-order chi connectivity index (χ0) is 22.8. The van der Waals surface area contributed by atoms with E-state index >= 15 is 0 Å². The van der Waals surface area contributed by atoms with E-state index in [-0.39, 0.29) is 24.4 Å². The molecule has 8 nitrogen and oxygen atoms in total. The van der Waals surface area contributed by atoms with Crippen LogP contribution >= 0.6 is 0 Å². The first-order chi connectivity index (χ1) is 15.6. The first-order valence-electron chi connectivity index (χ1n) is 11.0. The summed E-state index contributed by atoms with van der Waals surface area (Å²) in [6.45, 7) is 0. The summed E-state index contributed by atoms with van der Waals surface area (Å²) in [5.74, 6) is -0.413. The number of rotatable bonds is 11. The van der Waals surface area contributed by atoms with Crippen molar-refractivity contribution in [3.05, 3.63) is 66.2 Å². The molecule has 0 aliphatic heterocycles. The average Bonchev–Trinajstić information content (AvgIpc) is 3.58. The van der Waals surface area contributed by atoms with E-state index in [0.717, 1.165) is 6.42 Å². The Kier molecular flexibility index (Phi) is 8.62. The summed E-state index contributed by atoms with van der Waals surface area (Å²) in [5, 5.41) is 17.2. The zero-order valence-corrected chi connectivity index (χ0v) is 17.9. The van der Waals surface area contributed by atoms with Gasteiger partial charge in [0.05, 0.1) is 0 Å². The van der Waals surface area contributed by atoms with Crippen molar-refractivity contribution in [2.24, 2.45) is 0 Å². The lowest BCUT2D eigenvalue weighted by Gasteiger charge is -2.19. The molecule has 0 bridgehead atoms. The Morgan fingerprint density at radius 3 is 2.31 bits per heavy atom. The number of para-hydroxylation sites is 1. The van der Waals surface area contributed by atoms with Crippen LogP contribution in [0.25, 0.3) is 0 Å². The first-order valence-corrected chi connectivity index (χ1v) is 11.0. The molecule has 1 fully saturated rings. The Morgan fingerprint density at radius 2 is 1.62 bits per heavy atom. The van der Waals surface area contributed by atoms with Crippen molar-refractivity contribution in [3.8, 4) is 0 Å². The highest BCUT2D eigenvalue weighted by Gasteiger charge is 2.39. The summed E-state index contributed by atoms with van der Waals surface area (Å²) in [5.41, 5.74) is 3.47. The molecule has 4 amide bonds. The second kappa shape index (κ2) is 11.9. The minimum Gasteiger partial charge on any atom is -0.335 e. The van der Waals surface area contributed by atoms with Gasteiger partial charge in [-0.1, -0.05) is 61.4 Å². The molecule has 3 rings (SSSR count). The largest absolute Gasteiger partial charge is 0.335 e. The first kappa shape index (κ1) is 23.3. The van der Waals surface area contributed by atoms with E-state index in [1.807, 2.05) is 36.4 Å². The van der Waals surface area contributed by atoms with Crippen LogP contribution in [0.4, 0.5) is 10.5 Å². The molecule has 0 radical (unpaired) electrons. The van der Waals surface area contributed by atoms with Crippen molar-refractivity contribution in [1.29, 1.82) is 0 Å². The van der Waals surface area contributed by atoms with Gasteiger partial charge in [0.2, 0.25) is 11.8 Å². The third-order valence-corrected chi connectivity index (χ3v) is 5.52. The molecule has 2 aromatic carbocycles. The van der Waals surface area contributed by atoms with Crippen molar-refractivity contribution in [2.45, 2.75) is 56.5 Å². The monoisotopic (exact) mass is 438 g/mol. The molecule has 1 aliphatic carbocycles. The Bertz CT molecular complexity index is 891. The van der Waals surface area contributed by atoms with E-state index in [9.17, 15) is 14.4 Å². The third kappa shape index (κ3) is 7.39. The Hall–Kier alpha value is -3.39. The van der Waals surface area contributed by atoms with E-state index in [4.69, 9.17) is 5.21 Å². The van der Waals surface area contributed by atoms with Crippen LogP contribution in [-0.4, -0.2) is 35.1 Å². The number of benzene rings is 2. The molecular formula is C24H30N4O4. The number of hydrogen-bond donors (Lipinski definition) is 5. The maximum Gasteiger partial charge on any atom is 0.315 e. The van der Waals surface area contributed by atoms with Gasteiger partial charge in [-0.3, -0.25) is 14.8 Å². The van der Waals surface area contributed by atoms with Gasteiger partial charge in [-0.25, -0.2) is 10.3 Å². The van der Waals surface area contributed by atoms with E-state index in [2.05, 4.69) is 28.1 Å². The van der Waals surface area contributed by atoms with Gasteiger partial charge >= 0.3 is 6.03 Å². The van der Waals surface area contributed by atoms with Gasteiger partial charge in [0.25, 0.3) is 0 Å². The molecular weight excluding hydrogens is 408 g/mol. The molecule has 2 aromatic rings. The SMILES string of the molecule is O=C(CCCCC[C@H](NC(=O)NC1CC1c1ccccc1)C(=O)Nc1ccccc1)NO. The molecule has 0 heterocycles. The number of unbranched alkanes of at least 4 members (excludes halogenated alkanes) is 2. The predicted molar refractivity (Wildman–Crippen MR) is 121 cm³/mol. The molecule has 0 aromatic heterocycles. The van der Waals surface area contributed by atoms with Crippen LogP contribution in [0.1, 0.15) is 50.0 Å². The van der Waals surface area contributed by atoms with Crippen molar-refractivity contribution < 1.29 is 19.6 Å². The second-order valence-electron chi connectivity index (χ2n) is 8.02. The van der Waals surface area contributed by atoms with Crippen molar-refractivity contribution in [1.82, 2.24) is 16.1 Å². The van der Waals surface area contributed by atoms with Crippen LogP contribution in [-0.2, 0) is 9.59 Å². The van der Waals surface area contributed by atoms with Crippen molar-refractivity contribution in [2.75, 3.05) is 5.32 Å². The Labute approximate surface area is 187 Å². The van der Waals surface area contributed by atoms with Gasteiger partial charge in [0, 0.05) is 24.1 Å². The Balaban J connectivity index is 1.50. The second-order valence-corrected chi connectivity index (χ2v) is 8.02. The number of urea groups is 1. The molecule has 0 spiro atoms. The number of carbonyl (C=O) groups is 3. The highest BCUT2D eigenvalue weighted by atomic mass is 16.5. The summed E-state index contributed by atoms with van der Waals surface area (Å²) in [4.78, 5) is 36.5. The average molecular weight is 439 g/mol. The summed E-state index contributed by atoms with van der Waals surface area (Å²) in [6.07, 6.45) is 3.48. The molecule has 32 heavy (non-hydrogen) atoms. The van der Waals surface area contributed by atoms with Crippen molar-refractivity contribution in [3.63, 3.8) is 0 Å². The van der Waals surface area contributed by atoms with Gasteiger partial charge in [-0.05, 0) is 37.0 Å². The van der Waals surface area contributed by atoms with Crippen LogP contribution in [0.3, 0.4) is 0 Å². The number of hydrogen-bond acceptors (Lipinski definition) is 4. The highest BCUT2D eigenvalue weighted by Crippen LogP contribution is 2.40. The fourth-order valence-electron chi connectivity index (χ4n) is 3.68. The molecule has 170 valence electrons. The predicted octanol–water partition coefficient (Wildman–Crippen LogP) is 3.30. The maximum atomic E-state index is 12.8. The smallest absolute Gasteiger partial charge is 0.315 e. The van der Waals surface area contributed by atoms with Crippen LogP contribution in [0.2, 0.25) is 0 Å². The lowest BCUT2D eigenvalue weighted by Crippen LogP contribution is -2.48. The third-order valence-electron chi connectivity index (χ3n) is 5.52. The normalized spacial score (nSPS) is 17.7.